The Labute approximate surface area is 168 Å². The maximum atomic E-state index is 12.6. The molecule has 0 atom stereocenters. The first-order valence-electron chi connectivity index (χ1n) is 8.49. The third-order valence-electron chi connectivity index (χ3n) is 3.95. The number of carbonyl (C=O) groups excluding carboxylic acids is 1. The number of hydrogen-bond donors (Lipinski definition) is 1. The van der Waals surface area contributed by atoms with Crippen LogP contribution >= 0.6 is 11.3 Å². The van der Waals surface area contributed by atoms with E-state index in [2.05, 4.69) is 10.3 Å². The minimum absolute atomic E-state index is 0.151. The molecule has 0 aliphatic rings. The number of aryl methyl sites for hydroxylation is 2. The van der Waals surface area contributed by atoms with Crippen molar-refractivity contribution in [3.63, 3.8) is 0 Å². The van der Waals surface area contributed by atoms with Crippen LogP contribution in [0.5, 0.6) is 5.75 Å². The van der Waals surface area contributed by atoms with Crippen molar-refractivity contribution in [2.24, 2.45) is 0 Å². The van der Waals surface area contributed by atoms with Gasteiger partial charge in [-0.1, -0.05) is 23.8 Å². The largest absolute Gasteiger partial charge is 0.486 e. The summed E-state index contributed by atoms with van der Waals surface area (Å²) in [5.41, 5.74) is 2.17. The summed E-state index contributed by atoms with van der Waals surface area (Å²) in [6.07, 6.45) is 1.13. The molecule has 6 nitrogen and oxygen atoms in total. The number of nitrogens with zero attached hydrogens (tertiary/aromatic N) is 1. The average Bonchev–Trinajstić information content (AvgIpc) is 3.02. The van der Waals surface area contributed by atoms with Crippen LogP contribution in [0.4, 0.5) is 5.69 Å². The van der Waals surface area contributed by atoms with E-state index in [0.717, 1.165) is 17.6 Å². The molecule has 1 amide bonds. The molecule has 1 aromatic heterocycles. The Balaban J connectivity index is 1.70. The fraction of sp³-hybridized carbons (Fsp3) is 0.200. The van der Waals surface area contributed by atoms with Crippen molar-refractivity contribution in [1.82, 2.24) is 4.98 Å². The lowest BCUT2D eigenvalue weighted by atomic mass is 10.2. The summed E-state index contributed by atoms with van der Waals surface area (Å²) in [4.78, 5) is 17.6. The molecule has 0 unspecified atom stereocenters. The van der Waals surface area contributed by atoms with Crippen molar-refractivity contribution < 1.29 is 17.9 Å². The van der Waals surface area contributed by atoms with Crippen LogP contribution in [0.3, 0.4) is 0 Å². The van der Waals surface area contributed by atoms with Gasteiger partial charge in [0, 0.05) is 11.9 Å². The number of anilines is 1. The summed E-state index contributed by atoms with van der Waals surface area (Å²) in [5, 5.41) is 3.42. The lowest BCUT2D eigenvalue weighted by Gasteiger charge is -2.06. The number of ether oxygens (including phenoxy) is 1. The Bertz CT molecular complexity index is 1100. The number of hydrogen-bond acceptors (Lipinski definition) is 6. The highest BCUT2D eigenvalue weighted by Gasteiger charge is 2.17. The molecule has 0 saturated heterocycles. The number of amides is 1. The van der Waals surface area contributed by atoms with E-state index in [1.807, 2.05) is 31.2 Å². The van der Waals surface area contributed by atoms with E-state index in [1.54, 1.807) is 19.1 Å². The molecule has 0 spiro atoms. The topological polar surface area (TPSA) is 85.4 Å². The van der Waals surface area contributed by atoms with Crippen molar-refractivity contribution >= 4 is 32.8 Å². The zero-order valence-electron chi connectivity index (χ0n) is 15.7. The summed E-state index contributed by atoms with van der Waals surface area (Å²) in [7, 11) is -3.34. The monoisotopic (exact) mass is 416 g/mol. The van der Waals surface area contributed by atoms with E-state index in [0.29, 0.717) is 21.3 Å². The third-order valence-corrected chi connectivity index (χ3v) is 6.19. The van der Waals surface area contributed by atoms with Crippen LogP contribution in [0.25, 0.3) is 0 Å². The van der Waals surface area contributed by atoms with Gasteiger partial charge in [0.1, 0.15) is 22.2 Å². The van der Waals surface area contributed by atoms with E-state index < -0.39 is 9.84 Å². The number of sulfone groups is 1. The van der Waals surface area contributed by atoms with E-state index in [9.17, 15) is 13.2 Å². The molecule has 0 saturated carbocycles. The quantitative estimate of drug-likeness (QED) is 0.657. The van der Waals surface area contributed by atoms with Gasteiger partial charge in [-0.2, -0.15) is 0 Å². The number of thiazole rings is 1. The van der Waals surface area contributed by atoms with Crippen LogP contribution in [0.1, 0.15) is 25.9 Å². The minimum atomic E-state index is -3.34. The Morgan fingerprint density at radius 1 is 1.14 bits per heavy atom. The van der Waals surface area contributed by atoms with Crippen LogP contribution in [0.2, 0.25) is 0 Å². The zero-order valence-corrected chi connectivity index (χ0v) is 17.4. The highest BCUT2D eigenvalue weighted by Crippen LogP contribution is 2.23. The summed E-state index contributed by atoms with van der Waals surface area (Å²) in [6.45, 7) is 4.03. The first-order valence-corrected chi connectivity index (χ1v) is 11.2. The molecule has 3 aromatic rings. The summed E-state index contributed by atoms with van der Waals surface area (Å²) in [6, 6.07) is 13.9. The van der Waals surface area contributed by atoms with Gasteiger partial charge in [-0.15, -0.1) is 11.3 Å². The Hall–Kier alpha value is -2.71. The predicted octanol–water partition coefficient (Wildman–Crippen LogP) is 3.99. The lowest BCUT2D eigenvalue weighted by molar-refractivity contribution is 0.102. The average molecular weight is 417 g/mol. The lowest BCUT2D eigenvalue weighted by Crippen LogP contribution is -2.12. The molecule has 1 heterocycles. The molecule has 0 aliphatic carbocycles. The Kier molecular flexibility index (Phi) is 5.81. The predicted molar refractivity (Wildman–Crippen MR) is 110 cm³/mol. The van der Waals surface area contributed by atoms with Gasteiger partial charge in [0.2, 0.25) is 0 Å². The molecular formula is C20H20N2O4S2. The number of nitrogens with one attached hydrogen (secondary N) is 1. The number of benzene rings is 2. The Morgan fingerprint density at radius 2 is 1.86 bits per heavy atom. The third kappa shape index (κ3) is 4.96. The van der Waals surface area contributed by atoms with Gasteiger partial charge in [-0.05, 0) is 44.2 Å². The van der Waals surface area contributed by atoms with E-state index >= 15 is 0 Å². The van der Waals surface area contributed by atoms with Crippen molar-refractivity contribution in [3.05, 3.63) is 69.7 Å². The number of rotatable bonds is 6. The molecule has 146 valence electrons. The summed E-state index contributed by atoms with van der Waals surface area (Å²) < 4.78 is 29.1. The molecule has 2 aromatic carbocycles. The van der Waals surface area contributed by atoms with Gasteiger partial charge in [0.05, 0.1) is 10.6 Å². The second kappa shape index (κ2) is 8.12. The maximum Gasteiger partial charge on any atom is 0.267 e. The molecular weight excluding hydrogens is 396 g/mol. The first-order chi connectivity index (χ1) is 13.2. The van der Waals surface area contributed by atoms with Crippen LogP contribution < -0.4 is 10.1 Å². The number of carbonyl (C=O) groups is 1. The highest BCUT2D eigenvalue weighted by atomic mass is 32.2. The van der Waals surface area contributed by atoms with Crippen molar-refractivity contribution in [2.75, 3.05) is 11.6 Å². The molecule has 8 heteroatoms. The van der Waals surface area contributed by atoms with E-state index in [4.69, 9.17) is 4.74 Å². The molecule has 1 N–H and O–H groups in total. The number of aromatic nitrogens is 1. The van der Waals surface area contributed by atoms with Gasteiger partial charge in [-0.3, -0.25) is 4.79 Å². The van der Waals surface area contributed by atoms with Crippen LogP contribution in [0.15, 0.2) is 53.4 Å². The SMILES string of the molecule is Cc1ccc(OCc2nc(C)c(C(=O)Nc3cccc(S(C)(=O)=O)c3)s2)cc1. The normalized spacial score (nSPS) is 11.2. The maximum absolute atomic E-state index is 12.6. The van der Waals surface area contributed by atoms with Crippen molar-refractivity contribution in [1.29, 1.82) is 0 Å². The molecule has 0 radical (unpaired) electrons. The molecule has 0 bridgehead atoms. The van der Waals surface area contributed by atoms with Gasteiger partial charge in [0.25, 0.3) is 5.91 Å². The van der Waals surface area contributed by atoms with Crippen LogP contribution in [0, 0.1) is 13.8 Å². The van der Waals surface area contributed by atoms with Gasteiger partial charge in [-0.25, -0.2) is 13.4 Å². The summed E-state index contributed by atoms with van der Waals surface area (Å²) >= 11 is 1.25. The second-order valence-corrected chi connectivity index (χ2v) is 9.48. The molecule has 28 heavy (non-hydrogen) atoms. The minimum Gasteiger partial charge on any atom is -0.486 e. The van der Waals surface area contributed by atoms with E-state index in [-0.39, 0.29) is 17.4 Å². The fourth-order valence-electron chi connectivity index (χ4n) is 2.50. The van der Waals surface area contributed by atoms with Gasteiger partial charge < -0.3 is 10.1 Å². The zero-order chi connectivity index (χ0) is 20.3. The molecule has 0 fully saturated rings. The highest BCUT2D eigenvalue weighted by molar-refractivity contribution is 7.90. The fourth-order valence-corrected chi connectivity index (χ4v) is 4.04. The van der Waals surface area contributed by atoms with Gasteiger partial charge in [0.15, 0.2) is 9.84 Å². The van der Waals surface area contributed by atoms with Crippen molar-refractivity contribution in [3.8, 4) is 5.75 Å². The summed E-state index contributed by atoms with van der Waals surface area (Å²) in [5.74, 6) is 0.407. The smallest absolute Gasteiger partial charge is 0.267 e. The standard InChI is InChI=1S/C20H20N2O4S2/c1-13-7-9-16(10-8-13)26-12-18-21-14(2)19(27-18)20(23)22-15-5-4-6-17(11-15)28(3,24)25/h4-11H,12H2,1-3H3,(H,22,23). The molecule has 3 rings (SSSR count). The van der Waals surface area contributed by atoms with Crippen LogP contribution in [-0.2, 0) is 16.4 Å². The van der Waals surface area contributed by atoms with E-state index in [1.165, 1.54) is 23.5 Å². The van der Waals surface area contributed by atoms with Crippen LogP contribution in [-0.4, -0.2) is 25.6 Å². The first kappa shape index (κ1) is 20.0. The Morgan fingerprint density at radius 3 is 2.54 bits per heavy atom. The van der Waals surface area contributed by atoms with Gasteiger partial charge >= 0.3 is 0 Å². The molecule has 0 aliphatic heterocycles. The second-order valence-electron chi connectivity index (χ2n) is 6.38. The van der Waals surface area contributed by atoms with Crippen molar-refractivity contribution in [2.45, 2.75) is 25.3 Å².